The van der Waals surface area contributed by atoms with Crippen LogP contribution >= 0.6 is 11.8 Å². The summed E-state index contributed by atoms with van der Waals surface area (Å²) < 4.78 is 4.01. The molecule has 0 fully saturated rings. The van der Waals surface area contributed by atoms with Crippen molar-refractivity contribution in [2.75, 3.05) is 5.32 Å². The molecule has 0 aliphatic heterocycles. The van der Waals surface area contributed by atoms with E-state index in [9.17, 15) is 4.79 Å². The van der Waals surface area contributed by atoms with Gasteiger partial charge in [-0.1, -0.05) is 42.1 Å². The van der Waals surface area contributed by atoms with Gasteiger partial charge in [-0.2, -0.15) is 0 Å². The highest BCUT2D eigenvalue weighted by Crippen LogP contribution is 2.26. The number of imidazole rings is 1. The van der Waals surface area contributed by atoms with Crippen LogP contribution in [0, 0.1) is 0 Å². The van der Waals surface area contributed by atoms with Crippen molar-refractivity contribution in [3.63, 3.8) is 0 Å². The van der Waals surface area contributed by atoms with E-state index in [0.29, 0.717) is 5.56 Å². The Bertz CT molecular complexity index is 1110. The van der Waals surface area contributed by atoms with Gasteiger partial charge >= 0.3 is 0 Å². The SMILES string of the molecule is Cn1ccnc1SCc1cccc(C(=O)Nc2cn(C)c3ccccc23)c1. The number of fused-ring (bicyclic) bond motifs is 1. The molecule has 6 heteroatoms. The Hall–Kier alpha value is -2.99. The van der Waals surface area contributed by atoms with Crippen LogP contribution in [-0.4, -0.2) is 20.0 Å². The minimum Gasteiger partial charge on any atom is -0.348 e. The molecule has 0 atom stereocenters. The summed E-state index contributed by atoms with van der Waals surface area (Å²) in [6.07, 6.45) is 5.66. The fraction of sp³-hybridized carbons (Fsp3) is 0.143. The summed E-state index contributed by atoms with van der Waals surface area (Å²) >= 11 is 1.65. The predicted molar refractivity (Wildman–Crippen MR) is 110 cm³/mol. The van der Waals surface area contributed by atoms with Crippen molar-refractivity contribution in [1.82, 2.24) is 14.1 Å². The van der Waals surface area contributed by atoms with Crippen LogP contribution in [0.2, 0.25) is 0 Å². The van der Waals surface area contributed by atoms with Crippen LogP contribution in [0.5, 0.6) is 0 Å². The zero-order valence-corrected chi connectivity index (χ0v) is 16.0. The number of aryl methyl sites for hydroxylation is 2. The van der Waals surface area contributed by atoms with Gasteiger partial charge in [0.1, 0.15) is 0 Å². The molecule has 4 aromatic rings. The maximum absolute atomic E-state index is 12.8. The summed E-state index contributed by atoms with van der Waals surface area (Å²) in [5, 5.41) is 5.04. The zero-order valence-electron chi connectivity index (χ0n) is 15.2. The van der Waals surface area contributed by atoms with Gasteiger partial charge in [0.2, 0.25) is 0 Å². The van der Waals surface area contributed by atoms with Crippen molar-refractivity contribution in [2.45, 2.75) is 10.9 Å². The van der Waals surface area contributed by atoms with Crippen LogP contribution < -0.4 is 5.32 Å². The van der Waals surface area contributed by atoms with Gasteiger partial charge in [-0.05, 0) is 23.8 Å². The molecule has 1 N–H and O–H groups in total. The number of nitrogens with zero attached hydrogens (tertiary/aromatic N) is 3. The molecule has 2 aromatic carbocycles. The highest BCUT2D eigenvalue weighted by Gasteiger charge is 2.12. The molecule has 4 rings (SSSR count). The summed E-state index contributed by atoms with van der Waals surface area (Å²) in [4.78, 5) is 17.1. The number of para-hydroxylation sites is 1. The standard InChI is InChI=1S/C21H20N4OS/c1-24-11-10-22-21(24)27-14-15-6-5-7-16(12-15)20(26)23-18-13-25(2)19-9-4-3-8-17(18)19/h3-13H,14H2,1-2H3,(H,23,26). The largest absolute Gasteiger partial charge is 0.348 e. The van der Waals surface area contributed by atoms with Gasteiger partial charge in [0.05, 0.1) is 5.69 Å². The maximum atomic E-state index is 12.8. The average molecular weight is 376 g/mol. The van der Waals surface area contributed by atoms with Crippen molar-refractivity contribution in [3.05, 3.63) is 78.2 Å². The zero-order chi connectivity index (χ0) is 18.8. The van der Waals surface area contributed by atoms with Gasteiger partial charge < -0.3 is 14.5 Å². The molecule has 2 heterocycles. The Labute approximate surface area is 162 Å². The lowest BCUT2D eigenvalue weighted by Gasteiger charge is -2.07. The second-order valence-electron chi connectivity index (χ2n) is 6.43. The summed E-state index contributed by atoms with van der Waals surface area (Å²) in [6.45, 7) is 0. The van der Waals surface area contributed by atoms with Crippen molar-refractivity contribution >= 4 is 34.3 Å². The number of carbonyl (C=O) groups is 1. The number of rotatable bonds is 5. The van der Waals surface area contributed by atoms with Gasteiger partial charge in [-0.15, -0.1) is 0 Å². The molecule has 2 aromatic heterocycles. The first kappa shape index (κ1) is 17.4. The van der Waals surface area contributed by atoms with Crippen LogP contribution in [0.15, 0.2) is 72.3 Å². The molecule has 1 amide bonds. The Morgan fingerprint density at radius 1 is 1.11 bits per heavy atom. The third kappa shape index (κ3) is 3.61. The average Bonchev–Trinajstić information content (AvgIpc) is 3.24. The molecule has 0 unspecified atom stereocenters. The van der Waals surface area contributed by atoms with E-state index in [1.165, 1.54) is 0 Å². The molecule has 0 aliphatic carbocycles. The van der Waals surface area contributed by atoms with Crippen LogP contribution in [0.1, 0.15) is 15.9 Å². The topological polar surface area (TPSA) is 51.9 Å². The van der Waals surface area contributed by atoms with E-state index < -0.39 is 0 Å². The highest BCUT2D eigenvalue weighted by atomic mass is 32.2. The molecule has 136 valence electrons. The van der Waals surface area contributed by atoms with Crippen LogP contribution in [-0.2, 0) is 19.8 Å². The van der Waals surface area contributed by atoms with E-state index in [4.69, 9.17) is 0 Å². The van der Waals surface area contributed by atoms with Crippen LogP contribution in [0.25, 0.3) is 10.9 Å². The second kappa shape index (κ2) is 7.32. The lowest BCUT2D eigenvalue weighted by molar-refractivity contribution is 0.102. The monoisotopic (exact) mass is 376 g/mol. The molecule has 0 bridgehead atoms. The smallest absolute Gasteiger partial charge is 0.255 e. The Kier molecular flexibility index (Phi) is 4.73. The number of anilines is 1. The molecule has 0 radical (unpaired) electrons. The van der Waals surface area contributed by atoms with E-state index in [1.807, 2.05) is 84.2 Å². The number of hydrogen-bond donors (Lipinski definition) is 1. The maximum Gasteiger partial charge on any atom is 0.255 e. The molecule has 0 saturated carbocycles. The molecular weight excluding hydrogens is 356 g/mol. The first-order chi connectivity index (χ1) is 13.1. The van der Waals surface area contributed by atoms with Gasteiger partial charge in [0.15, 0.2) is 5.16 Å². The third-order valence-corrected chi connectivity index (χ3v) is 5.61. The lowest BCUT2D eigenvalue weighted by atomic mass is 10.1. The number of aromatic nitrogens is 3. The van der Waals surface area contributed by atoms with E-state index >= 15 is 0 Å². The van der Waals surface area contributed by atoms with Crippen LogP contribution in [0.3, 0.4) is 0 Å². The molecule has 5 nitrogen and oxygen atoms in total. The van der Waals surface area contributed by atoms with E-state index in [-0.39, 0.29) is 5.91 Å². The van der Waals surface area contributed by atoms with E-state index in [1.54, 1.807) is 18.0 Å². The summed E-state index contributed by atoms with van der Waals surface area (Å²) in [6, 6.07) is 15.8. The van der Waals surface area contributed by atoms with E-state index in [2.05, 4.69) is 10.3 Å². The van der Waals surface area contributed by atoms with E-state index in [0.717, 1.165) is 33.1 Å². The lowest BCUT2D eigenvalue weighted by Crippen LogP contribution is -2.11. The first-order valence-electron chi connectivity index (χ1n) is 8.66. The van der Waals surface area contributed by atoms with Gasteiger partial charge in [-0.25, -0.2) is 4.98 Å². The van der Waals surface area contributed by atoms with Crippen molar-refractivity contribution < 1.29 is 4.79 Å². The number of amides is 1. The number of nitrogens with one attached hydrogen (secondary N) is 1. The Morgan fingerprint density at radius 2 is 1.96 bits per heavy atom. The predicted octanol–water partition coefficient (Wildman–Crippen LogP) is 4.46. The first-order valence-corrected chi connectivity index (χ1v) is 9.65. The number of thioether (sulfide) groups is 1. The molecule has 0 saturated heterocycles. The summed E-state index contributed by atoms with van der Waals surface area (Å²) in [5.74, 6) is 0.662. The van der Waals surface area contributed by atoms with Crippen molar-refractivity contribution in [3.8, 4) is 0 Å². The number of carbonyl (C=O) groups excluding carboxylic acids is 1. The molecular formula is C21H20N4OS. The quantitative estimate of drug-likeness (QED) is 0.523. The summed E-state index contributed by atoms with van der Waals surface area (Å²) in [7, 11) is 3.96. The third-order valence-electron chi connectivity index (χ3n) is 4.48. The Balaban J connectivity index is 1.51. The number of hydrogen-bond acceptors (Lipinski definition) is 3. The minimum absolute atomic E-state index is 0.102. The highest BCUT2D eigenvalue weighted by molar-refractivity contribution is 7.98. The molecule has 27 heavy (non-hydrogen) atoms. The Morgan fingerprint density at radius 3 is 2.78 bits per heavy atom. The van der Waals surface area contributed by atoms with Gasteiger partial charge in [-0.3, -0.25) is 4.79 Å². The second-order valence-corrected chi connectivity index (χ2v) is 7.38. The fourth-order valence-corrected chi connectivity index (χ4v) is 3.95. The van der Waals surface area contributed by atoms with Crippen LogP contribution in [0.4, 0.5) is 5.69 Å². The molecule has 0 aliphatic rings. The normalized spacial score (nSPS) is 11.0. The summed E-state index contributed by atoms with van der Waals surface area (Å²) in [5.41, 5.74) is 3.66. The minimum atomic E-state index is -0.102. The fourth-order valence-electron chi connectivity index (χ4n) is 3.08. The van der Waals surface area contributed by atoms with Gasteiger partial charge in [0, 0.05) is 54.9 Å². The van der Waals surface area contributed by atoms with Crippen molar-refractivity contribution in [1.29, 1.82) is 0 Å². The molecule has 0 spiro atoms. The van der Waals surface area contributed by atoms with Gasteiger partial charge in [0.25, 0.3) is 5.91 Å². The number of benzene rings is 2. The van der Waals surface area contributed by atoms with Crippen molar-refractivity contribution in [2.24, 2.45) is 14.1 Å².